The second kappa shape index (κ2) is 5.99. The molecule has 114 valence electrons. The predicted octanol–water partition coefficient (Wildman–Crippen LogP) is 1.99. The van der Waals surface area contributed by atoms with E-state index in [0.29, 0.717) is 6.04 Å². The van der Waals surface area contributed by atoms with E-state index >= 15 is 0 Å². The molecule has 1 aliphatic heterocycles. The van der Waals surface area contributed by atoms with Crippen LogP contribution in [0.25, 0.3) is 0 Å². The molecule has 3 rings (SSSR count). The molecule has 0 aromatic carbocycles. The van der Waals surface area contributed by atoms with E-state index in [2.05, 4.69) is 27.0 Å². The molecule has 6 nitrogen and oxygen atoms in total. The van der Waals surface area contributed by atoms with E-state index in [1.807, 2.05) is 26.0 Å². The quantitative estimate of drug-likeness (QED) is 0.858. The van der Waals surface area contributed by atoms with Crippen molar-refractivity contribution in [3.63, 3.8) is 0 Å². The normalized spacial score (nSPS) is 21.0. The Morgan fingerprint density at radius 1 is 1.05 bits per heavy atom. The van der Waals surface area contributed by atoms with Crippen molar-refractivity contribution in [2.45, 2.75) is 39.9 Å². The summed E-state index contributed by atoms with van der Waals surface area (Å²) in [5.41, 5.74) is 1.88. The summed E-state index contributed by atoms with van der Waals surface area (Å²) in [5.74, 6) is 1.89. The van der Waals surface area contributed by atoms with Crippen LogP contribution in [0.3, 0.4) is 0 Å². The lowest BCUT2D eigenvalue weighted by atomic mass is 10.1. The Labute approximate surface area is 124 Å². The van der Waals surface area contributed by atoms with Crippen LogP contribution in [0.1, 0.15) is 29.8 Å². The molecule has 1 unspecified atom stereocenters. The Balaban J connectivity index is 1.54. The van der Waals surface area contributed by atoms with Gasteiger partial charge in [0.25, 0.3) is 0 Å². The third kappa shape index (κ3) is 3.51. The molecule has 2 aromatic heterocycles. The zero-order valence-electron chi connectivity index (χ0n) is 12.9. The maximum absolute atomic E-state index is 5.31. The molecule has 1 saturated heterocycles. The van der Waals surface area contributed by atoms with Gasteiger partial charge in [0.15, 0.2) is 11.5 Å². The van der Waals surface area contributed by atoms with Crippen molar-refractivity contribution in [3.8, 4) is 0 Å². The van der Waals surface area contributed by atoms with E-state index in [4.69, 9.17) is 9.05 Å². The number of nitrogens with zero attached hydrogens (tertiary/aromatic N) is 4. The smallest absolute Gasteiger partial charge is 0.150 e. The topological polar surface area (TPSA) is 58.5 Å². The highest BCUT2D eigenvalue weighted by Gasteiger charge is 2.25. The fourth-order valence-electron chi connectivity index (χ4n) is 2.85. The van der Waals surface area contributed by atoms with Gasteiger partial charge in [-0.3, -0.25) is 9.80 Å². The Kier molecular flexibility index (Phi) is 4.07. The van der Waals surface area contributed by atoms with E-state index in [1.165, 1.54) is 0 Å². The van der Waals surface area contributed by atoms with Gasteiger partial charge in [0.2, 0.25) is 0 Å². The van der Waals surface area contributed by atoms with Gasteiger partial charge >= 0.3 is 0 Å². The molecule has 3 heterocycles. The molecule has 0 amide bonds. The van der Waals surface area contributed by atoms with Crippen molar-refractivity contribution in [2.75, 3.05) is 19.6 Å². The van der Waals surface area contributed by atoms with Crippen molar-refractivity contribution in [1.29, 1.82) is 0 Å². The van der Waals surface area contributed by atoms with Crippen LogP contribution in [-0.2, 0) is 13.1 Å². The summed E-state index contributed by atoms with van der Waals surface area (Å²) in [5, 5.41) is 7.89. The predicted molar refractivity (Wildman–Crippen MR) is 77.6 cm³/mol. The van der Waals surface area contributed by atoms with Gasteiger partial charge in [-0.1, -0.05) is 10.3 Å². The van der Waals surface area contributed by atoms with E-state index in [9.17, 15) is 0 Å². The van der Waals surface area contributed by atoms with Gasteiger partial charge < -0.3 is 9.05 Å². The third-order valence-corrected chi connectivity index (χ3v) is 3.94. The van der Waals surface area contributed by atoms with Crippen LogP contribution in [-0.4, -0.2) is 45.8 Å². The average molecular weight is 290 g/mol. The lowest BCUT2D eigenvalue weighted by Gasteiger charge is -2.38. The van der Waals surface area contributed by atoms with Gasteiger partial charge in [0, 0.05) is 37.8 Å². The summed E-state index contributed by atoms with van der Waals surface area (Å²) in [4.78, 5) is 4.84. The Morgan fingerprint density at radius 3 is 2.19 bits per heavy atom. The summed E-state index contributed by atoms with van der Waals surface area (Å²) in [6.07, 6.45) is 0. The Bertz CT molecular complexity index is 592. The standard InChI is InChI=1S/C15H22N4O2/c1-11-6-14(20-16-11)9-18-4-5-19(13(3)8-18)10-15-7-12(2)17-21-15/h6-7,13H,4-5,8-10H2,1-3H3. The Hall–Kier alpha value is -1.66. The lowest BCUT2D eigenvalue weighted by Crippen LogP contribution is -2.50. The van der Waals surface area contributed by atoms with Crippen molar-refractivity contribution in [1.82, 2.24) is 20.1 Å². The minimum atomic E-state index is 0.480. The molecule has 1 aliphatic rings. The molecule has 0 bridgehead atoms. The van der Waals surface area contributed by atoms with Gasteiger partial charge in [-0.2, -0.15) is 0 Å². The molecule has 2 aromatic rings. The number of rotatable bonds is 4. The largest absolute Gasteiger partial charge is 0.360 e. The highest BCUT2D eigenvalue weighted by atomic mass is 16.5. The summed E-state index contributed by atoms with van der Waals surface area (Å²) >= 11 is 0. The van der Waals surface area contributed by atoms with Crippen LogP contribution in [0.2, 0.25) is 0 Å². The fraction of sp³-hybridized carbons (Fsp3) is 0.600. The summed E-state index contributed by atoms with van der Waals surface area (Å²) in [7, 11) is 0. The van der Waals surface area contributed by atoms with Crippen molar-refractivity contribution < 1.29 is 9.05 Å². The number of hydrogen-bond acceptors (Lipinski definition) is 6. The van der Waals surface area contributed by atoms with Crippen molar-refractivity contribution in [2.24, 2.45) is 0 Å². The number of hydrogen-bond donors (Lipinski definition) is 0. The molecule has 0 aliphatic carbocycles. The molecule has 0 spiro atoms. The van der Waals surface area contributed by atoms with Gasteiger partial charge in [-0.05, 0) is 20.8 Å². The van der Waals surface area contributed by atoms with Crippen LogP contribution in [0, 0.1) is 13.8 Å². The first-order valence-electron chi connectivity index (χ1n) is 7.41. The number of piperazine rings is 1. The SMILES string of the molecule is Cc1cc(CN2CCN(Cc3cc(C)no3)C(C)C2)on1. The second-order valence-corrected chi connectivity index (χ2v) is 5.92. The molecule has 0 saturated carbocycles. The molecule has 1 fully saturated rings. The minimum absolute atomic E-state index is 0.480. The van der Waals surface area contributed by atoms with Crippen LogP contribution >= 0.6 is 0 Å². The van der Waals surface area contributed by atoms with E-state index in [-0.39, 0.29) is 0 Å². The van der Waals surface area contributed by atoms with E-state index in [1.54, 1.807) is 0 Å². The first kappa shape index (κ1) is 14.3. The number of aromatic nitrogens is 2. The zero-order valence-corrected chi connectivity index (χ0v) is 12.9. The number of aryl methyl sites for hydroxylation is 2. The Morgan fingerprint density at radius 2 is 1.67 bits per heavy atom. The molecule has 6 heteroatoms. The maximum Gasteiger partial charge on any atom is 0.150 e. The van der Waals surface area contributed by atoms with Gasteiger partial charge in [-0.15, -0.1) is 0 Å². The molecule has 0 radical (unpaired) electrons. The molecule has 0 N–H and O–H groups in total. The van der Waals surface area contributed by atoms with Gasteiger partial charge in [-0.25, -0.2) is 0 Å². The van der Waals surface area contributed by atoms with Crippen LogP contribution in [0.4, 0.5) is 0 Å². The lowest BCUT2D eigenvalue weighted by molar-refractivity contribution is 0.0616. The van der Waals surface area contributed by atoms with Crippen molar-refractivity contribution >= 4 is 0 Å². The molecule has 21 heavy (non-hydrogen) atoms. The highest BCUT2D eigenvalue weighted by Crippen LogP contribution is 2.16. The first-order chi connectivity index (χ1) is 10.1. The zero-order chi connectivity index (χ0) is 14.8. The fourth-order valence-corrected chi connectivity index (χ4v) is 2.85. The van der Waals surface area contributed by atoms with Gasteiger partial charge in [0.05, 0.1) is 24.5 Å². The van der Waals surface area contributed by atoms with Crippen molar-refractivity contribution in [3.05, 3.63) is 35.0 Å². The summed E-state index contributed by atoms with van der Waals surface area (Å²) in [6, 6.07) is 4.50. The van der Waals surface area contributed by atoms with E-state index in [0.717, 1.165) is 55.6 Å². The minimum Gasteiger partial charge on any atom is -0.360 e. The summed E-state index contributed by atoms with van der Waals surface area (Å²) in [6.45, 7) is 10.9. The van der Waals surface area contributed by atoms with Crippen LogP contribution in [0.5, 0.6) is 0 Å². The molecular formula is C15H22N4O2. The summed E-state index contributed by atoms with van der Waals surface area (Å²) < 4.78 is 10.6. The molecule has 1 atom stereocenters. The van der Waals surface area contributed by atoms with E-state index < -0.39 is 0 Å². The van der Waals surface area contributed by atoms with Crippen LogP contribution in [0.15, 0.2) is 21.2 Å². The average Bonchev–Trinajstić information content (AvgIpc) is 3.02. The maximum atomic E-state index is 5.31. The molecular weight excluding hydrogens is 268 g/mol. The third-order valence-electron chi connectivity index (χ3n) is 3.94. The van der Waals surface area contributed by atoms with Crippen LogP contribution < -0.4 is 0 Å². The monoisotopic (exact) mass is 290 g/mol. The first-order valence-corrected chi connectivity index (χ1v) is 7.41. The van der Waals surface area contributed by atoms with Gasteiger partial charge in [0.1, 0.15) is 0 Å². The second-order valence-electron chi connectivity index (χ2n) is 5.92. The highest BCUT2D eigenvalue weighted by molar-refractivity contribution is 5.05.